The molecule has 6 heteroatoms. The largest absolute Gasteiger partial charge is 0.467 e. The van der Waals surface area contributed by atoms with E-state index in [0.717, 1.165) is 56.2 Å². The van der Waals surface area contributed by atoms with Crippen LogP contribution >= 0.6 is 0 Å². The van der Waals surface area contributed by atoms with Gasteiger partial charge >= 0.3 is 5.97 Å². The fourth-order valence-electron chi connectivity index (χ4n) is 3.40. The summed E-state index contributed by atoms with van der Waals surface area (Å²) in [6, 6.07) is -0.656. The number of esters is 1. The molecule has 0 bridgehead atoms. The molecule has 1 N–H and O–H groups in total. The smallest absolute Gasteiger partial charge is 0.328 e. The maximum atomic E-state index is 12.7. The number of hydrogen-bond donors (Lipinski definition) is 1. The summed E-state index contributed by atoms with van der Waals surface area (Å²) in [5.74, 6) is -0.458. The first-order valence-electron chi connectivity index (χ1n) is 10.3. The summed E-state index contributed by atoms with van der Waals surface area (Å²) in [4.78, 5) is 38.0. The van der Waals surface area contributed by atoms with Crippen molar-refractivity contribution in [3.8, 4) is 0 Å². The molecule has 158 valence electrons. The lowest BCUT2D eigenvalue weighted by Gasteiger charge is -2.27. The number of carbonyl (C=O) groups is 3. The minimum atomic E-state index is -0.656. The van der Waals surface area contributed by atoms with Crippen LogP contribution in [0.5, 0.6) is 0 Å². The molecular formula is C22H36N2O4. The van der Waals surface area contributed by atoms with Crippen LogP contribution in [0.2, 0.25) is 0 Å². The summed E-state index contributed by atoms with van der Waals surface area (Å²) in [5, 5.41) is 2.79. The Bertz CT molecular complexity index is 608. The fourth-order valence-corrected chi connectivity index (χ4v) is 3.40. The van der Waals surface area contributed by atoms with Gasteiger partial charge in [-0.3, -0.25) is 9.59 Å². The number of rotatable bonds is 11. The molecule has 0 fully saturated rings. The molecular weight excluding hydrogens is 356 g/mol. The van der Waals surface area contributed by atoms with E-state index in [0.29, 0.717) is 18.5 Å². The van der Waals surface area contributed by atoms with Gasteiger partial charge in [0, 0.05) is 17.8 Å². The molecule has 0 aromatic rings. The summed E-state index contributed by atoms with van der Waals surface area (Å²) in [5.41, 5.74) is 2.60. The second-order valence-corrected chi connectivity index (χ2v) is 7.84. The van der Waals surface area contributed by atoms with E-state index >= 15 is 0 Å². The van der Waals surface area contributed by atoms with Crippen LogP contribution in [0, 0.1) is 5.92 Å². The van der Waals surface area contributed by atoms with Gasteiger partial charge in [-0.2, -0.15) is 0 Å². The van der Waals surface area contributed by atoms with E-state index in [1.807, 2.05) is 19.9 Å². The number of hydrogen-bond acceptors (Lipinski definition) is 4. The molecule has 6 nitrogen and oxygen atoms in total. The number of nitrogens with one attached hydrogen (secondary N) is 1. The molecule has 0 aromatic carbocycles. The maximum absolute atomic E-state index is 12.7. The molecule has 0 saturated carbocycles. The van der Waals surface area contributed by atoms with Crippen molar-refractivity contribution in [1.82, 2.24) is 10.2 Å². The van der Waals surface area contributed by atoms with Crippen LogP contribution in [-0.4, -0.2) is 42.9 Å². The lowest BCUT2D eigenvalue weighted by atomic mass is 9.93. The van der Waals surface area contributed by atoms with Crippen molar-refractivity contribution in [1.29, 1.82) is 0 Å². The van der Waals surface area contributed by atoms with Crippen LogP contribution < -0.4 is 5.32 Å². The Morgan fingerprint density at radius 3 is 2.50 bits per heavy atom. The molecule has 2 amide bonds. The van der Waals surface area contributed by atoms with Crippen molar-refractivity contribution >= 4 is 18.3 Å². The molecule has 1 aliphatic rings. The van der Waals surface area contributed by atoms with Crippen LogP contribution in [0.1, 0.15) is 72.6 Å². The van der Waals surface area contributed by atoms with E-state index in [-0.39, 0.29) is 11.8 Å². The van der Waals surface area contributed by atoms with Gasteiger partial charge in [0.05, 0.1) is 7.11 Å². The van der Waals surface area contributed by atoms with Gasteiger partial charge in [0.15, 0.2) is 0 Å². The van der Waals surface area contributed by atoms with Gasteiger partial charge in [-0.1, -0.05) is 27.2 Å². The van der Waals surface area contributed by atoms with Gasteiger partial charge in [-0.05, 0) is 63.0 Å². The zero-order chi connectivity index (χ0) is 21.1. The summed E-state index contributed by atoms with van der Waals surface area (Å²) in [6.45, 7) is 8.54. The van der Waals surface area contributed by atoms with Crippen LogP contribution in [-0.2, 0) is 19.1 Å². The molecule has 1 aliphatic carbocycles. The van der Waals surface area contributed by atoms with E-state index in [1.165, 1.54) is 7.11 Å². The van der Waals surface area contributed by atoms with E-state index in [4.69, 9.17) is 4.74 Å². The highest BCUT2D eigenvalue weighted by atomic mass is 16.5. The van der Waals surface area contributed by atoms with Crippen molar-refractivity contribution < 1.29 is 19.1 Å². The van der Waals surface area contributed by atoms with Crippen LogP contribution in [0.25, 0.3) is 0 Å². The number of carbonyl (C=O) groups excluding carboxylic acids is 3. The molecule has 0 heterocycles. The Labute approximate surface area is 169 Å². The Balaban J connectivity index is 3.01. The van der Waals surface area contributed by atoms with Gasteiger partial charge < -0.3 is 15.0 Å². The summed E-state index contributed by atoms with van der Waals surface area (Å²) < 4.78 is 4.82. The Morgan fingerprint density at radius 2 is 1.93 bits per heavy atom. The highest BCUT2D eigenvalue weighted by Gasteiger charge is 2.24. The second-order valence-electron chi connectivity index (χ2n) is 7.84. The first-order chi connectivity index (χ1) is 13.3. The molecule has 28 heavy (non-hydrogen) atoms. The van der Waals surface area contributed by atoms with Crippen molar-refractivity contribution in [2.24, 2.45) is 5.92 Å². The van der Waals surface area contributed by atoms with Gasteiger partial charge in [0.2, 0.25) is 12.3 Å². The van der Waals surface area contributed by atoms with E-state index in [2.05, 4.69) is 12.2 Å². The van der Waals surface area contributed by atoms with Gasteiger partial charge in [0.1, 0.15) is 6.04 Å². The Morgan fingerprint density at radius 1 is 1.25 bits per heavy atom. The number of unbranched alkanes of at least 4 members (excludes halogenated alkanes) is 1. The summed E-state index contributed by atoms with van der Waals surface area (Å²) >= 11 is 0. The normalized spacial score (nSPS) is 16.0. The Hall–Kier alpha value is -2.11. The predicted molar refractivity (Wildman–Crippen MR) is 110 cm³/mol. The number of allylic oxidation sites excluding steroid dienone is 3. The second kappa shape index (κ2) is 12.4. The zero-order valence-corrected chi connectivity index (χ0v) is 18.0. The molecule has 1 rings (SSSR count). The lowest BCUT2D eigenvalue weighted by Crippen LogP contribution is -2.42. The highest BCUT2D eigenvalue weighted by molar-refractivity contribution is 5.96. The van der Waals surface area contributed by atoms with Crippen molar-refractivity contribution in [2.75, 3.05) is 13.7 Å². The molecule has 0 spiro atoms. The standard InChI is InChI=1S/C22H36N2O4/c1-6-7-12-24(15-25)20-11-9-8-10-18(20)14-17(4)21(26)23-19(13-16(2)3)22(27)28-5/h14-16,19H,6-13H2,1-5H3,(H,23,26)/b17-14+/t19-/m0/s1. The molecule has 0 unspecified atom stereocenters. The predicted octanol–water partition coefficient (Wildman–Crippen LogP) is 3.72. The lowest BCUT2D eigenvalue weighted by molar-refractivity contribution is -0.145. The summed E-state index contributed by atoms with van der Waals surface area (Å²) in [7, 11) is 1.33. The zero-order valence-electron chi connectivity index (χ0n) is 18.0. The molecule has 0 radical (unpaired) electrons. The third-order valence-electron chi connectivity index (χ3n) is 4.95. The topological polar surface area (TPSA) is 75.7 Å². The number of nitrogens with zero attached hydrogens (tertiary/aromatic N) is 1. The average molecular weight is 393 g/mol. The maximum Gasteiger partial charge on any atom is 0.328 e. The van der Waals surface area contributed by atoms with Crippen LogP contribution in [0.3, 0.4) is 0 Å². The highest BCUT2D eigenvalue weighted by Crippen LogP contribution is 2.28. The van der Waals surface area contributed by atoms with Crippen molar-refractivity contribution in [3.05, 3.63) is 22.9 Å². The number of ether oxygens (including phenoxy) is 1. The van der Waals surface area contributed by atoms with E-state index < -0.39 is 12.0 Å². The third kappa shape index (κ3) is 7.49. The third-order valence-corrected chi connectivity index (χ3v) is 4.95. The molecule has 0 aliphatic heterocycles. The van der Waals surface area contributed by atoms with Crippen LogP contribution in [0.4, 0.5) is 0 Å². The van der Waals surface area contributed by atoms with Gasteiger partial charge in [-0.25, -0.2) is 4.79 Å². The number of methoxy groups -OCH3 is 1. The minimum absolute atomic E-state index is 0.251. The van der Waals surface area contributed by atoms with Crippen molar-refractivity contribution in [2.45, 2.75) is 78.7 Å². The average Bonchev–Trinajstić information content (AvgIpc) is 2.68. The van der Waals surface area contributed by atoms with E-state index in [1.54, 1.807) is 11.8 Å². The quantitative estimate of drug-likeness (QED) is 0.330. The number of amides is 2. The molecule has 0 saturated heterocycles. The van der Waals surface area contributed by atoms with Crippen LogP contribution in [0.15, 0.2) is 22.9 Å². The summed E-state index contributed by atoms with van der Waals surface area (Å²) in [6.07, 6.45) is 9.06. The van der Waals surface area contributed by atoms with Gasteiger partial charge in [0.25, 0.3) is 0 Å². The SMILES string of the molecule is CCCCN(C=O)C1=C(/C=C(\C)C(=O)N[C@@H](CC(C)C)C(=O)OC)CCCC1. The molecule has 1 atom stereocenters. The first kappa shape index (κ1) is 23.9. The van der Waals surface area contributed by atoms with E-state index in [9.17, 15) is 14.4 Å². The fraction of sp³-hybridized carbons (Fsp3) is 0.682. The minimum Gasteiger partial charge on any atom is -0.467 e. The first-order valence-corrected chi connectivity index (χ1v) is 10.3. The van der Waals surface area contributed by atoms with Gasteiger partial charge in [-0.15, -0.1) is 0 Å². The Kier molecular flexibility index (Phi) is 10.6. The molecule has 0 aromatic heterocycles. The van der Waals surface area contributed by atoms with Crippen molar-refractivity contribution in [3.63, 3.8) is 0 Å². The monoisotopic (exact) mass is 392 g/mol.